The molecule has 0 radical (unpaired) electrons. The molecule has 1 aromatic carbocycles. The molecule has 108 valence electrons. The first-order valence-corrected chi connectivity index (χ1v) is 5.56. The number of alkyl halides is 3. The summed E-state index contributed by atoms with van der Waals surface area (Å²) in [6.07, 6.45) is -3.80. The molecule has 0 bridgehead atoms. The van der Waals surface area contributed by atoms with E-state index in [-0.39, 0.29) is 24.7 Å². The van der Waals surface area contributed by atoms with E-state index in [1.165, 1.54) is 12.1 Å². The average Bonchev–Trinajstić information content (AvgIpc) is 2.28. The quantitative estimate of drug-likeness (QED) is 0.818. The lowest BCUT2D eigenvalue weighted by molar-refractivity contribution is -0.137. The first kappa shape index (κ1) is 17.7. The summed E-state index contributed by atoms with van der Waals surface area (Å²) in [5, 5.41) is 2.59. The van der Waals surface area contributed by atoms with E-state index < -0.39 is 11.7 Å². The molecular formula is C12H16ClF3N2O. The Balaban J connectivity index is 0.00000324. The molecule has 1 rings (SSSR count). The van der Waals surface area contributed by atoms with Crippen molar-refractivity contribution in [2.75, 3.05) is 13.1 Å². The van der Waals surface area contributed by atoms with Crippen molar-refractivity contribution in [3.63, 3.8) is 0 Å². The number of hydrogen-bond acceptors (Lipinski definition) is 2. The number of nitrogens with one attached hydrogen (secondary N) is 1. The number of carbonyl (C=O) groups excluding carboxylic acids is 1. The molecule has 3 N–H and O–H groups in total. The van der Waals surface area contributed by atoms with Gasteiger partial charge in [0.1, 0.15) is 0 Å². The minimum Gasteiger partial charge on any atom is -0.356 e. The van der Waals surface area contributed by atoms with E-state index in [1.54, 1.807) is 0 Å². The zero-order valence-corrected chi connectivity index (χ0v) is 11.0. The van der Waals surface area contributed by atoms with Crippen LogP contribution in [-0.4, -0.2) is 19.0 Å². The predicted octanol–water partition coefficient (Wildman–Crippen LogP) is 2.13. The molecule has 0 aliphatic heterocycles. The highest BCUT2D eigenvalue weighted by Gasteiger charge is 2.30. The van der Waals surface area contributed by atoms with Gasteiger partial charge in [-0.25, -0.2) is 0 Å². The number of hydrogen-bond donors (Lipinski definition) is 2. The number of halogens is 4. The molecule has 0 spiro atoms. The molecule has 0 aromatic heterocycles. The molecule has 0 saturated carbocycles. The summed E-state index contributed by atoms with van der Waals surface area (Å²) in [5.74, 6) is -0.303. The summed E-state index contributed by atoms with van der Waals surface area (Å²) in [6.45, 7) is 0.901. The van der Waals surface area contributed by atoms with Crippen molar-refractivity contribution in [2.45, 2.75) is 19.0 Å². The van der Waals surface area contributed by atoms with Crippen molar-refractivity contribution < 1.29 is 18.0 Å². The fourth-order valence-electron chi connectivity index (χ4n) is 1.44. The van der Waals surface area contributed by atoms with E-state index in [2.05, 4.69) is 5.32 Å². The Bertz CT molecular complexity index is 410. The number of nitrogens with two attached hydrogens (primary N) is 1. The highest BCUT2D eigenvalue weighted by Crippen LogP contribution is 2.29. The van der Waals surface area contributed by atoms with Gasteiger partial charge < -0.3 is 11.1 Å². The van der Waals surface area contributed by atoms with Crippen LogP contribution in [0.4, 0.5) is 13.2 Å². The van der Waals surface area contributed by atoms with Gasteiger partial charge in [0, 0.05) is 6.54 Å². The largest absolute Gasteiger partial charge is 0.416 e. The molecular weight excluding hydrogens is 281 g/mol. The van der Waals surface area contributed by atoms with Crippen LogP contribution in [0.1, 0.15) is 17.5 Å². The van der Waals surface area contributed by atoms with E-state index in [0.717, 1.165) is 12.1 Å². The van der Waals surface area contributed by atoms with Gasteiger partial charge in [-0.15, -0.1) is 12.4 Å². The van der Waals surface area contributed by atoms with Crippen LogP contribution in [0.25, 0.3) is 0 Å². The highest BCUT2D eigenvalue weighted by molar-refractivity contribution is 5.85. The van der Waals surface area contributed by atoms with E-state index in [4.69, 9.17) is 5.73 Å². The van der Waals surface area contributed by atoms with Crippen LogP contribution in [0, 0.1) is 0 Å². The van der Waals surface area contributed by atoms with Crippen molar-refractivity contribution in [1.82, 2.24) is 5.32 Å². The van der Waals surface area contributed by atoms with Gasteiger partial charge in [0.15, 0.2) is 0 Å². The van der Waals surface area contributed by atoms with Crippen LogP contribution in [0.15, 0.2) is 24.3 Å². The maximum Gasteiger partial charge on any atom is 0.416 e. The van der Waals surface area contributed by atoms with Gasteiger partial charge >= 0.3 is 6.18 Å². The van der Waals surface area contributed by atoms with Crippen molar-refractivity contribution in [1.29, 1.82) is 0 Å². The van der Waals surface area contributed by atoms with Gasteiger partial charge in [-0.05, 0) is 24.6 Å². The summed E-state index contributed by atoms with van der Waals surface area (Å²) in [4.78, 5) is 11.4. The average molecular weight is 297 g/mol. The first-order chi connectivity index (χ1) is 8.43. The normalized spacial score (nSPS) is 10.7. The topological polar surface area (TPSA) is 55.1 Å². The summed E-state index contributed by atoms with van der Waals surface area (Å²) in [5.41, 5.74) is 4.86. The van der Waals surface area contributed by atoms with Crippen molar-refractivity contribution in [2.24, 2.45) is 5.73 Å². The van der Waals surface area contributed by atoms with Crippen LogP contribution in [0.3, 0.4) is 0 Å². The third kappa shape index (κ3) is 6.45. The second-order valence-electron chi connectivity index (χ2n) is 3.87. The second kappa shape index (κ2) is 8.01. The summed E-state index contributed by atoms with van der Waals surface area (Å²) < 4.78 is 37.3. The number of rotatable bonds is 5. The lowest BCUT2D eigenvalue weighted by Gasteiger charge is -2.09. The Hall–Kier alpha value is -1.27. The zero-order chi connectivity index (χ0) is 13.6. The van der Waals surface area contributed by atoms with Gasteiger partial charge in [-0.3, -0.25) is 4.79 Å². The lowest BCUT2D eigenvalue weighted by Crippen LogP contribution is -2.27. The SMILES string of the molecule is Cl.NCCCNC(=O)Cc1cccc(C(F)(F)F)c1. The minimum absolute atomic E-state index is 0. The maximum atomic E-state index is 12.4. The minimum atomic E-state index is -4.38. The Morgan fingerprint density at radius 3 is 2.58 bits per heavy atom. The predicted molar refractivity (Wildman–Crippen MR) is 69.1 cm³/mol. The van der Waals surface area contributed by atoms with Crippen LogP contribution in [-0.2, 0) is 17.4 Å². The Kier molecular flexibility index (Phi) is 7.48. The van der Waals surface area contributed by atoms with E-state index in [0.29, 0.717) is 25.1 Å². The molecule has 0 fully saturated rings. The van der Waals surface area contributed by atoms with E-state index >= 15 is 0 Å². The maximum absolute atomic E-state index is 12.4. The van der Waals surface area contributed by atoms with Gasteiger partial charge in [0.05, 0.1) is 12.0 Å². The second-order valence-corrected chi connectivity index (χ2v) is 3.87. The molecule has 7 heteroatoms. The molecule has 0 atom stereocenters. The number of carbonyl (C=O) groups is 1. The van der Waals surface area contributed by atoms with Crippen molar-refractivity contribution in [3.8, 4) is 0 Å². The highest BCUT2D eigenvalue weighted by atomic mass is 35.5. The zero-order valence-electron chi connectivity index (χ0n) is 10.2. The van der Waals surface area contributed by atoms with Gasteiger partial charge in [0.25, 0.3) is 0 Å². The van der Waals surface area contributed by atoms with Gasteiger partial charge in [-0.1, -0.05) is 18.2 Å². The molecule has 1 aromatic rings. The molecule has 0 aliphatic carbocycles. The Morgan fingerprint density at radius 1 is 1.32 bits per heavy atom. The summed E-state index contributed by atoms with van der Waals surface area (Å²) in [6, 6.07) is 4.77. The van der Waals surface area contributed by atoms with Crippen LogP contribution in [0.5, 0.6) is 0 Å². The molecule has 1 amide bonds. The summed E-state index contributed by atoms with van der Waals surface area (Å²) >= 11 is 0. The molecule has 0 saturated heterocycles. The third-order valence-electron chi connectivity index (χ3n) is 2.32. The van der Waals surface area contributed by atoms with E-state index in [9.17, 15) is 18.0 Å². The van der Waals surface area contributed by atoms with Crippen molar-refractivity contribution in [3.05, 3.63) is 35.4 Å². The number of amides is 1. The van der Waals surface area contributed by atoms with Crippen LogP contribution in [0.2, 0.25) is 0 Å². The van der Waals surface area contributed by atoms with Gasteiger partial charge in [-0.2, -0.15) is 13.2 Å². The molecule has 19 heavy (non-hydrogen) atoms. The first-order valence-electron chi connectivity index (χ1n) is 5.56. The Labute approximate surface area is 115 Å². The molecule has 0 unspecified atom stereocenters. The standard InChI is InChI=1S/C12H15F3N2O.ClH/c13-12(14,15)10-4-1-3-9(7-10)8-11(18)17-6-2-5-16;/h1,3-4,7H,2,5-6,8,16H2,(H,17,18);1H. The lowest BCUT2D eigenvalue weighted by atomic mass is 10.1. The fraction of sp³-hybridized carbons (Fsp3) is 0.417. The third-order valence-corrected chi connectivity index (χ3v) is 2.32. The van der Waals surface area contributed by atoms with Gasteiger partial charge in [0.2, 0.25) is 5.91 Å². The molecule has 0 heterocycles. The monoisotopic (exact) mass is 296 g/mol. The molecule has 3 nitrogen and oxygen atoms in total. The Morgan fingerprint density at radius 2 is 2.00 bits per heavy atom. The van der Waals surface area contributed by atoms with Crippen LogP contribution < -0.4 is 11.1 Å². The van der Waals surface area contributed by atoms with Crippen molar-refractivity contribution >= 4 is 18.3 Å². The van der Waals surface area contributed by atoms with Crippen LogP contribution >= 0.6 is 12.4 Å². The van der Waals surface area contributed by atoms with E-state index in [1.807, 2.05) is 0 Å². The smallest absolute Gasteiger partial charge is 0.356 e. The summed E-state index contributed by atoms with van der Waals surface area (Å²) in [7, 11) is 0. The fourth-order valence-corrected chi connectivity index (χ4v) is 1.44. The number of benzene rings is 1. The molecule has 0 aliphatic rings.